The van der Waals surface area contributed by atoms with Gasteiger partial charge in [-0.1, -0.05) is 172 Å². The van der Waals surface area contributed by atoms with E-state index in [9.17, 15) is 0 Å². The van der Waals surface area contributed by atoms with Crippen LogP contribution >= 0.6 is 0 Å². The Labute approximate surface area is 325 Å². The lowest BCUT2D eigenvalue weighted by Crippen LogP contribution is -2.14. The highest BCUT2D eigenvalue weighted by atomic mass is 16.3. The van der Waals surface area contributed by atoms with Crippen molar-refractivity contribution in [2.75, 3.05) is 0 Å². The molecule has 0 spiro atoms. The van der Waals surface area contributed by atoms with Crippen molar-refractivity contribution >= 4 is 65.0 Å². The van der Waals surface area contributed by atoms with Gasteiger partial charge in [-0.25, -0.2) is 0 Å². The maximum absolute atomic E-state index is 6.53. The fourth-order valence-corrected chi connectivity index (χ4v) is 10.0. The van der Waals surface area contributed by atoms with Crippen LogP contribution in [0.25, 0.3) is 110 Å². The third-order valence-corrected chi connectivity index (χ3v) is 12.7. The SMILES string of the molecule is CC1(C)c2ccc(-c3cccc(-c4c5ccccc5c(-c5cccc6ccccc56)c5ccccc45)c3)cc2-c2c1ccc1c2ccc2c3ccccc3oc12. The summed E-state index contributed by atoms with van der Waals surface area (Å²) in [6.07, 6.45) is 0. The monoisotopic (exact) mass is 712 g/mol. The van der Waals surface area contributed by atoms with Gasteiger partial charge < -0.3 is 4.42 Å². The molecule has 1 aliphatic rings. The molecule has 0 fully saturated rings. The minimum Gasteiger partial charge on any atom is -0.455 e. The molecule has 0 saturated heterocycles. The van der Waals surface area contributed by atoms with E-state index in [1.165, 1.54) is 104 Å². The first kappa shape index (κ1) is 31.4. The topological polar surface area (TPSA) is 13.1 Å². The maximum atomic E-state index is 6.53. The minimum absolute atomic E-state index is 0.119. The van der Waals surface area contributed by atoms with Gasteiger partial charge in [-0.3, -0.25) is 0 Å². The molecule has 0 atom stereocenters. The zero-order valence-electron chi connectivity index (χ0n) is 31.2. The molecule has 0 unspecified atom stereocenters. The average Bonchev–Trinajstić information content (AvgIpc) is 3.74. The van der Waals surface area contributed by atoms with Crippen LogP contribution in [0.5, 0.6) is 0 Å². The summed E-state index contributed by atoms with van der Waals surface area (Å²) >= 11 is 0. The highest BCUT2D eigenvalue weighted by molar-refractivity contribution is 6.24. The molecule has 12 rings (SSSR count). The molecular weight excluding hydrogens is 677 g/mol. The van der Waals surface area contributed by atoms with E-state index in [4.69, 9.17) is 4.42 Å². The quantitative estimate of drug-likeness (QED) is 0.166. The Balaban J connectivity index is 1.06. The first-order valence-corrected chi connectivity index (χ1v) is 19.6. The van der Waals surface area contributed by atoms with Crippen LogP contribution < -0.4 is 0 Å². The van der Waals surface area contributed by atoms with Crippen LogP contribution in [0.4, 0.5) is 0 Å². The normalized spacial score (nSPS) is 13.3. The third-order valence-electron chi connectivity index (χ3n) is 12.7. The van der Waals surface area contributed by atoms with Crippen LogP contribution in [-0.4, -0.2) is 0 Å². The lowest BCUT2D eigenvalue weighted by molar-refractivity contribution is 0.660. The Morgan fingerprint density at radius 2 is 0.875 bits per heavy atom. The van der Waals surface area contributed by atoms with Crippen LogP contribution in [0, 0.1) is 0 Å². The van der Waals surface area contributed by atoms with Crippen LogP contribution in [-0.2, 0) is 5.41 Å². The van der Waals surface area contributed by atoms with Gasteiger partial charge in [0.25, 0.3) is 0 Å². The summed E-state index contributed by atoms with van der Waals surface area (Å²) in [4.78, 5) is 0. The van der Waals surface area contributed by atoms with Gasteiger partial charge in [-0.2, -0.15) is 0 Å². The van der Waals surface area contributed by atoms with Crippen molar-refractivity contribution in [3.63, 3.8) is 0 Å². The molecule has 1 aliphatic carbocycles. The van der Waals surface area contributed by atoms with Crippen LogP contribution in [0.1, 0.15) is 25.0 Å². The van der Waals surface area contributed by atoms with Crippen molar-refractivity contribution in [1.29, 1.82) is 0 Å². The van der Waals surface area contributed by atoms with E-state index in [1.54, 1.807) is 0 Å². The van der Waals surface area contributed by atoms with Crippen LogP contribution in [0.15, 0.2) is 186 Å². The summed E-state index contributed by atoms with van der Waals surface area (Å²) in [6, 6.07) is 67.2. The molecule has 10 aromatic carbocycles. The molecule has 1 nitrogen and oxygen atoms in total. The molecule has 0 saturated carbocycles. The zero-order chi connectivity index (χ0) is 37.1. The fourth-order valence-electron chi connectivity index (χ4n) is 10.0. The molecule has 0 bridgehead atoms. The van der Waals surface area contributed by atoms with Crippen LogP contribution in [0.2, 0.25) is 0 Å². The summed E-state index contributed by atoms with van der Waals surface area (Å²) in [5.74, 6) is 0. The lowest BCUT2D eigenvalue weighted by Gasteiger charge is -2.22. The van der Waals surface area contributed by atoms with E-state index >= 15 is 0 Å². The van der Waals surface area contributed by atoms with Gasteiger partial charge >= 0.3 is 0 Å². The van der Waals surface area contributed by atoms with Crippen molar-refractivity contribution in [1.82, 2.24) is 0 Å². The molecule has 1 aromatic heterocycles. The third kappa shape index (κ3) is 4.31. The molecule has 1 heterocycles. The molecule has 0 amide bonds. The smallest absolute Gasteiger partial charge is 0.143 e. The summed E-state index contributed by atoms with van der Waals surface area (Å²) in [6.45, 7) is 4.73. The Bertz CT molecular complexity index is 3390. The van der Waals surface area contributed by atoms with Gasteiger partial charge in [0.1, 0.15) is 11.2 Å². The molecule has 0 radical (unpaired) electrons. The second-order valence-corrected chi connectivity index (χ2v) is 16.0. The van der Waals surface area contributed by atoms with Gasteiger partial charge in [-0.15, -0.1) is 0 Å². The summed E-state index contributed by atoms with van der Waals surface area (Å²) in [5.41, 5.74) is 14.6. The predicted molar refractivity (Wildman–Crippen MR) is 238 cm³/mol. The van der Waals surface area contributed by atoms with Gasteiger partial charge in [0.05, 0.1) is 0 Å². The maximum Gasteiger partial charge on any atom is 0.143 e. The summed E-state index contributed by atoms with van der Waals surface area (Å²) < 4.78 is 6.53. The number of furan rings is 1. The Kier molecular flexibility index (Phi) is 6.46. The van der Waals surface area contributed by atoms with Crippen LogP contribution in [0.3, 0.4) is 0 Å². The van der Waals surface area contributed by atoms with Gasteiger partial charge in [-0.05, 0) is 118 Å². The molecule has 11 aromatic rings. The molecule has 1 heteroatoms. The first-order chi connectivity index (χ1) is 27.5. The fraction of sp³-hybridized carbons (Fsp3) is 0.0545. The number of hydrogen-bond acceptors (Lipinski definition) is 1. The highest BCUT2D eigenvalue weighted by Crippen LogP contribution is 2.53. The second kappa shape index (κ2) is 11.5. The van der Waals surface area contributed by atoms with E-state index in [-0.39, 0.29) is 5.41 Å². The van der Waals surface area contributed by atoms with Crippen molar-refractivity contribution in [3.05, 3.63) is 193 Å². The number of rotatable bonds is 3. The standard InChI is InChI=1S/C55H36O/c1-55(2)48-29-25-35(32-47(48)53-44-26-27-45-38-18-9-10-24-50(38)56-54(45)46(44)28-30-49(53)55)34-15-11-16-36(31-34)51-40-19-5-7-21-42(40)52(43-22-8-6-20-41(43)51)39-23-12-14-33-13-3-4-17-37(33)39/h3-32H,1-2H3. The Morgan fingerprint density at radius 3 is 1.66 bits per heavy atom. The van der Waals surface area contributed by atoms with E-state index in [2.05, 4.69) is 190 Å². The second-order valence-electron chi connectivity index (χ2n) is 16.0. The van der Waals surface area contributed by atoms with E-state index < -0.39 is 0 Å². The molecule has 0 N–H and O–H groups in total. The lowest BCUT2D eigenvalue weighted by atomic mass is 9.81. The molecular formula is C55H36O. The van der Waals surface area contributed by atoms with E-state index in [0.29, 0.717) is 0 Å². The average molecular weight is 713 g/mol. The Hall–Kier alpha value is -6.96. The van der Waals surface area contributed by atoms with Crippen molar-refractivity contribution in [2.24, 2.45) is 0 Å². The predicted octanol–water partition coefficient (Wildman–Crippen LogP) is 15.5. The summed E-state index contributed by atoms with van der Waals surface area (Å²) in [7, 11) is 0. The summed E-state index contributed by atoms with van der Waals surface area (Å²) in [5, 5.41) is 12.3. The largest absolute Gasteiger partial charge is 0.455 e. The number of fused-ring (bicyclic) bond motifs is 12. The van der Waals surface area contributed by atoms with E-state index in [1.807, 2.05) is 6.07 Å². The van der Waals surface area contributed by atoms with Crippen molar-refractivity contribution in [3.8, 4) is 44.5 Å². The van der Waals surface area contributed by atoms with Crippen molar-refractivity contribution in [2.45, 2.75) is 19.3 Å². The Morgan fingerprint density at radius 1 is 0.339 bits per heavy atom. The van der Waals surface area contributed by atoms with Gasteiger partial charge in [0.15, 0.2) is 0 Å². The number of para-hydroxylation sites is 1. The molecule has 56 heavy (non-hydrogen) atoms. The number of hydrogen-bond donors (Lipinski definition) is 0. The highest BCUT2D eigenvalue weighted by Gasteiger charge is 2.37. The van der Waals surface area contributed by atoms with Gasteiger partial charge in [0.2, 0.25) is 0 Å². The molecule has 262 valence electrons. The molecule has 0 aliphatic heterocycles. The zero-order valence-corrected chi connectivity index (χ0v) is 31.2. The first-order valence-electron chi connectivity index (χ1n) is 19.6. The van der Waals surface area contributed by atoms with Crippen molar-refractivity contribution < 1.29 is 4.42 Å². The number of benzene rings is 10. The van der Waals surface area contributed by atoms with Gasteiger partial charge in [0, 0.05) is 21.6 Å². The van der Waals surface area contributed by atoms with E-state index in [0.717, 1.165) is 16.6 Å². The minimum atomic E-state index is -0.119.